The number of sulfonamides is 2. The van der Waals surface area contributed by atoms with E-state index in [9.17, 15) is 52.8 Å². The molecule has 0 saturated carbocycles. The van der Waals surface area contributed by atoms with Gasteiger partial charge in [0.2, 0.25) is 6.08 Å². The van der Waals surface area contributed by atoms with E-state index in [0.717, 1.165) is 16.1 Å². The van der Waals surface area contributed by atoms with Crippen molar-refractivity contribution in [3.63, 3.8) is 0 Å². The molecule has 0 aliphatic carbocycles. The molecule has 0 saturated heterocycles. The average Bonchev–Trinajstić information content (AvgIpc) is 2.91. The van der Waals surface area contributed by atoms with E-state index in [1.54, 1.807) is 18.2 Å². The number of nitrogens with zero attached hydrogens (tertiary/aromatic N) is 3. The van der Waals surface area contributed by atoms with Crippen LogP contribution in [0.25, 0.3) is 4.13 Å². The van der Waals surface area contributed by atoms with Gasteiger partial charge in [-0.05, 0) is 43.5 Å². The van der Waals surface area contributed by atoms with Crippen LogP contribution in [0, 0.1) is 6.92 Å². The Hall–Kier alpha value is -3.54. The Morgan fingerprint density at radius 1 is 0.978 bits per heavy atom. The molecule has 0 aliphatic rings. The summed E-state index contributed by atoms with van der Waals surface area (Å²) in [7, 11) is -13.4. The number of aromatic nitrogens is 1. The number of benzene rings is 1. The molecule has 0 aliphatic heterocycles. The molecule has 45 heavy (non-hydrogen) atoms. The number of anilines is 1. The number of alkyl halides is 6. The van der Waals surface area contributed by atoms with Gasteiger partial charge in [0.15, 0.2) is 45.6 Å². The van der Waals surface area contributed by atoms with Crippen LogP contribution < -0.4 is 9.88 Å². The summed E-state index contributed by atoms with van der Waals surface area (Å²) in [5, 5.41) is 2.65. The smallest absolute Gasteiger partial charge is 0.443 e. The summed E-state index contributed by atoms with van der Waals surface area (Å²) in [4.78, 5) is 26.1. The number of pyridine rings is 1. The standard InChI is InChI=1S/C24H31N3O3.C2F6NO4S2/c1-3-4-5-6-7-8-10-21-11-9-14-27(18-21)15-16-30-24(29)26-22-13-12-20(2)23(17-22)25-19-28;3-1(4,5)14(10,11)9-15(12,13)2(6,7)8/h9,11-14,17-18H,3-8,10,15-16H2,1-2H3;/q;-1/p+1. The maximum Gasteiger partial charge on any atom is 0.480 e. The Morgan fingerprint density at radius 2 is 1.58 bits per heavy atom. The Balaban J connectivity index is 0.000000570. The normalized spacial score (nSPS) is 12.0. The van der Waals surface area contributed by atoms with Gasteiger partial charge in [-0.25, -0.2) is 31.0 Å². The number of aliphatic imine (C=N–C) groups is 1. The maximum absolute atomic E-state index is 12.0. The van der Waals surface area contributed by atoms with Gasteiger partial charge in [0, 0.05) is 17.3 Å². The minimum Gasteiger partial charge on any atom is -0.443 e. The number of unbranched alkanes of at least 4 members (excludes halogenated alkanes) is 5. The summed E-state index contributed by atoms with van der Waals surface area (Å²) in [6, 6.07) is 9.31. The number of aryl methyl sites for hydroxylation is 2. The second-order valence-electron chi connectivity index (χ2n) is 9.35. The highest BCUT2D eigenvalue weighted by atomic mass is 32.3. The molecular formula is C26H32F6N4O7S2. The third kappa shape index (κ3) is 14.4. The van der Waals surface area contributed by atoms with Crippen LogP contribution in [-0.4, -0.2) is 46.6 Å². The number of halogens is 6. The number of hydrogen-bond donors (Lipinski definition) is 1. The Bertz CT molecular complexity index is 1480. The summed E-state index contributed by atoms with van der Waals surface area (Å²) in [6.45, 7) is 4.92. The number of hydrogen-bond acceptors (Lipinski definition) is 8. The van der Waals surface area contributed by atoms with Crippen LogP contribution >= 0.6 is 0 Å². The highest BCUT2D eigenvalue weighted by molar-refractivity contribution is 8.13. The van der Waals surface area contributed by atoms with Crippen LogP contribution in [0.15, 0.2) is 47.7 Å². The molecular weight excluding hydrogens is 658 g/mol. The van der Waals surface area contributed by atoms with Gasteiger partial charge in [0.1, 0.15) is 0 Å². The highest BCUT2D eigenvalue weighted by Gasteiger charge is 2.46. The van der Waals surface area contributed by atoms with E-state index in [0.29, 0.717) is 17.9 Å². The first-order valence-corrected chi connectivity index (χ1v) is 16.2. The van der Waals surface area contributed by atoms with Gasteiger partial charge in [-0.1, -0.05) is 45.1 Å². The van der Waals surface area contributed by atoms with Gasteiger partial charge in [0.05, 0.1) is 5.69 Å². The molecule has 0 fully saturated rings. The summed E-state index contributed by atoms with van der Waals surface area (Å²) in [5.74, 6) is 0. The van der Waals surface area contributed by atoms with Crippen LogP contribution in [0.4, 0.5) is 42.5 Å². The number of nitrogens with one attached hydrogen (secondary N) is 1. The lowest BCUT2D eigenvalue weighted by Crippen LogP contribution is -2.36. The summed E-state index contributed by atoms with van der Waals surface area (Å²) in [6.07, 6.45) is 13.9. The van der Waals surface area contributed by atoms with Crippen molar-refractivity contribution in [1.82, 2.24) is 0 Å². The van der Waals surface area contributed by atoms with Gasteiger partial charge in [-0.2, -0.15) is 31.3 Å². The SMILES string of the molecule is CCCCCCCCc1ccc[n+](CCOC(=O)Nc2ccc(C)c(N=C=O)c2)c1.O=S(=O)([N-]S(=O)(=O)C(F)(F)F)C(F)(F)F. The van der Waals surface area contributed by atoms with Crippen LogP contribution in [0.3, 0.4) is 0 Å². The zero-order valence-corrected chi connectivity index (χ0v) is 25.8. The van der Waals surface area contributed by atoms with Gasteiger partial charge in [-0.15, -0.1) is 0 Å². The van der Waals surface area contributed by atoms with Gasteiger partial charge >= 0.3 is 17.1 Å². The molecule has 11 nitrogen and oxygen atoms in total. The first-order valence-electron chi connectivity index (χ1n) is 13.3. The lowest BCUT2D eigenvalue weighted by atomic mass is 10.1. The number of rotatable bonds is 14. The van der Waals surface area contributed by atoms with Crippen molar-refractivity contribution in [2.24, 2.45) is 4.99 Å². The van der Waals surface area contributed by atoms with Crippen molar-refractivity contribution < 1.29 is 62.1 Å². The molecule has 19 heteroatoms. The number of carbonyl (C=O) groups is 1. The third-order valence-electron chi connectivity index (χ3n) is 5.72. The molecule has 0 atom stereocenters. The Kier molecular flexibility index (Phi) is 15.6. The fourth-order valence-electron chi connectivity index (χ4n) is 3.44. The van der Waals surface area contributed by atoms with E-state index in [4.69, 9.17) is 4.74 Å². The van der Waals surface area contributed by atoms with Gasteiger partial charge in [-0.3, -0.25) is 5.32 Å². The minimum atomic E-state index is -6.72. The quantitative estimate of drug-likeness (QED) is 0.0785. The minimum absolute atomic E-state index is 0.266. The van der Waals surface area contributed by atoms with Crippen molar-refractivity contribution in [2.75, 3.05) is 11.9 Å². The van der Waals surface area contributed by atoms with Gasteiger partial charge < -0.3 is 8.86 Å². The summed E-state index contributed by atoms with van der Waals surface area (Å²) < 4.78 is 117. The van der Waals surface area contributed by atoms with Crippen LogP contribution in [0.5, 0.6) is 0 Å². The fraction of sp³-hybridized carbons (Fsp3) is 0.500. The van der Waals surface area contributed by atoms with Gasteiger partial charge in [0.25, 0.3) is 0 Å². The fourth-order valence-corrected chi connectivity index (χ4v) is 5.15. The predicted molar refractivity (Wildman–Crippen MR) is 151 cm³/mol. The van der Waals surface area contributed by atoms with Crippen LogP contribution in [-0.2, 0) is 42.5 Å². The van der Waals surface area contributed by atoms with Crippen molar-refractivity contribution >= 4 is 43.6 Å². The molecule has 2 rings (SSSR count). The molecule has 1 amide bonds. The monoisotopic (exact) mass is 690 g/mol. The van der Waals surface area contributed by atoms with Crippen molar-refractivity contribution in [2.45, 2.75) is 76.4 Å². The molecule has 252 valence electrons. The van der Waals surface area contributed by atoms with Crippen LogP contribution in [0.1, 0.15) is 56.6 Å². The zero-order valence-electron chi connectivity index (χ0n) is 24.2. The first-order chi connectivity index (χ1) is 20.8. The zero-order chi connectivity index (χ0) is 34.3. The van der Waals surface area contributed by atoms with E-state index in [-0.39, 0.29) is 6.61 Å². The first kappa shape index (κ1) is 39.5. The number of isocyanates is 1. The molecule has 2 aromatic rings. The van der Waals surface area contributed by atoms with E-state index < -0.39 is 37.2 Å². The molecule has 1 heterocycles. The molecule has 1 N–H and O–H groups in total. The largest absolute Gasteiger partial charge is 0.480 e. The van der Waals surface area contributed by atoms with E-state index >= 15 is 0 Å². The number of amides is 1. The predicted octanol–water partition coefficient (Wildman–Crippen LogP) is 6.46. The Labute approximate surface area is 256 Å². The number of carbonyl (C=O) groups excluding carboxylic acids is 2. The summed E-state index contributed by atoms with van der Waals surface area (Å²) >= 11 is 0. The topological polar surface area (TPSA) is 154 Å². The average molecular weight is 691 g/mol. The number of ether oxygens (including phenoxy) is 1. The third-order valence-corrected chi connectivity index (χ3v) is 8.46. The lowest BCUT2D eigenvalue weighted by Gasteiger charge is -2.22. The second kappa shape index (κ2) is 17.8. The van der Waals surface area contributed by atoms with Crippen molar-refractivity contribution in [3.8, 4) is 0 Å². The lowest BCUT2D eigenvalue weighted by molar-refractivity contribution is -0.698. The van der Waals surface area contributed by atoms with E-state index in [1.807, 2.05) is 23.8 Å². The maximum atomic E-state index is 12.0. The Morgan fingerprint density at radius 3 is 2.16 bits per heavy atom. The molecule has 0 radical (unpaired) electrons. The molecule has 0 unspecified atom stereocenters. The highest BCUT2D eigenvalue weighted by Crippen LogP contribution is 2.36. The molecule has 1 aromatic heterocycles. The molecule has 0 spiro atoms. The molecule has 1 aromatic carbocycles. The van der Waals surface area contributed by atoms with Crippen LogP contribution in [0.2, 0.25) is 0 Å². The van der Waals surface area contributed by atoms with Crippen molar-refractivity contribution in [1.29, 1.82) is 0 Å². The second-order valence-corrected chi connectivity index (χ2v) is 12.8. The van der Waals surface area contributed by atoms with E-state index in [2.05, 4.69) is 29.5 Å². The molecule has 0 bridgehead atoms. The van der Waals surface area contributed by atoms with E-state index in [1.165, 1.54) is 50.2 Å². The van der Waals surface area contributed by atoms with Crippen molar-refractivity contribution in [3.05, 3.63) is 58.0 Å². The summed E-state index contributed by atoms with van der Waals surface area (Å²) in [5.41, 5.74) is -9.28.